The molecule has 1 aromatic carbocycles. The zero-order valence-electron chi connectivity index (χ0n) is 8.54. The van der Waals surface area contributed by atoms with Crippen molar-refractivity contribution in [2.24, 2.45) is 0 Å². The number of fused-ring (bicyclic) bond motifs is 1. The van der Waals surface area contributed by atoms with E-state index in [2.05, 4.69) is 0 Å². The summed E-state index contributed by atoms with van der Waals surface area (Å²) in [6, 6.07) is 1.64. The summed E-state index contributed by atoms with van der Waals surface area (Å²) in [6.45, 7) is 3.98. The van der Waals surface area contributed by atoms with E-state index in [-0.39, 0.29) is 12.9 Å². The van der Waals surface area contributed by atoms with Gasteiger partial charge >= 0.3 is 0 Å². The summed E-state index contributed by atoms with van der Waals surface area (Å²) in [5.41, 5.74) is 6.15. The van der Waals surface area contributed by atoms with Crippen LogP contribution < -0.4 is 19.9 Å². The first-order chi connectivity index (χ1) is 7.09. The zero-order valence-corrected chi connectivity index (χ0v) is 9.30. The van der Waals surface area contributed by atoms with E-state index in [1.807, 2.05) is 13.8 Å². The molecule has 1 heterocycles. The molecule has 2 N–H and O–H groups in total. The highest BCUT2D eigenvalue weighted by molar-refractivity contribution is 6.35. The van der Waals surface area contributed by atoms with Gasteiger partial charge in [0.05, 0.1) is 11.8 Å². The van der Waals surface area contributed by atoms with Gasteiger partial charge in [0.15, 0.2) is 11.5 Å². The third-order valence-electron chi connectivity index (χ3n) is 1.94. The lowest BCUT2D eigenvalue weighted by Gasteiger charge is -2.14. The average Bonchev–Trinajstić information content (AvgIpc) is 2.59. The maximum Gasteiger partial charge on any atom is 0.231 e. The molecular weight excluding hydrogens is 218 g/mol. The van der Waals surface area contributed by atoms with Gasteiger partial charge in [-0.1, -0.05) is 11.6 Å². The van der Waals surface area contributed by atoms with Crippen LogP contribution in [-0.2, 0) is 0 Å². The van der Waals surface area contributed by atoms with Gasteiger partial charge in [-0.25, -0.2) is 0 Å². The SMILES string of the molecule is CC(C)Oc1c(Cl)c(N)cc2c1OCO2. The minimum Gasteiger partial charge on any atom is -0.485 e. The molecule has 0 atom stereocenters. The van der Waals surface area contributed by atoms with Crippen molar-refractivity contribution in [1.82, 2.24) is 0 Å². The van der Waals surface area contributed by atoms with Crippen LogP contribution in [0.15, 0.2) is 6.07 Å². The Bertz CT molecular complexity index is 393. The largest absolute Gasteiger partial charge is 0.485 e. The van der Waals surface area contributed by atoms with Gasteiger partial charge in [0, 0.05) is 6.07 Å². The van der Waals surface area contributed by atoms with E-state index in [1.54, 1.807) is 6.07 Å². The molecule has 0 saturated carbocycles. The van der Waals surface area contributed by atoms with Crippen LogP contribution >= 0.6 is 11.6 Å². The number of halogens is 1. The third-order valence-corrected chi connectivity index (χ3v) is 2.33. The van der Waals surface area contributed by atoms with E-state index in [0.29, 0.717) is 28.0 Å². The molecule has 82 valence electrons. The van der Waals surface area contributed by atoms with Crippen LogP contribution in [0.25, 0.3) is 0 Å². The molecule has 4 nitrogen and oxygen atoms in total. The van der Waals surface area contributed by atoms with Crippen molar-refractivity contribution in [3.8, 4) is 17.2 Å². The summed E-state index contributed by atoms with van der Waals surface area (Å²) in [7, 11) is 0. The summed E-state index contributed by atoms with van der Waals surface area (Å²) in [6.07, 6.45) is -0.00222. The lowest BCUT2D eigenvalue weighted by Crippen LogP contribution is -2.07. The smallest absolute Gasteiger partial charge is 0.231 e. The standard InChI is InChI=1S/C10H12ClNO3/c1-5(2)15-10-8(11)6(12)3-7-9(10)14-4-13-7/h3,5H,4,12H2,1-2H3. The molecule has 0 radical (unpaired) electrons. The molecule has 0 fully saturated rings. The van der Waals surface area contributed by atoms with Gasteiger partial charge in [-0.2, -0.15) is 0 Å². The van der Waals surface area contributed by atoms with Gasteiger partial charge in [0.25, 0.3) is 0 Å². The number of benzene rings is 1. The van der Waals surface area contributed by atoms with Gasteiger partial charge in [-0.15, -0.1) is 0 Å². The molecule has 1 aliphatic rings. The van der Waals surface area contributed by atoms with Crippen LogP contribution in [-0.4, -0.2) is 12.9 Å². The van der Waals surface area contributed by atoms with E-state index in [0.717, 1.165) is 0 Å². The molecule has 2 rings (SSSR count). The predicted molar refractivity (Wildman–Crippen MR) is 57.8 cm³/mol. The summed E-state index contributed by atoms with van der Waals surface area (Å²) in [4.78, 5) is 0. The highest BCUT2D eigenvalue weighted by atomic mass is 35.5. The quantitative estimate of drug-likeness (QED) is 0.792. The fourth-order valence-electron chi connectivity index (χ4n) is 1.35. The zero-order chi connectivity index (χ0) is 11.0. The normalized spacial score (nSPS) is 13.3. The second-order valence-electron chi connectivity index (χ2n) is 3.51. The highest BCUT2D eigenvalue weighted by Crippen LogP contribution is 2.48. The number of hydrogen-bond acceptors (Lipinski definition) is 4. The molecule has 0 bridgehead atoms. The molecule has 15 heavy (non-hydrogen) atoms. The molecule has 1 aromatic rings. The van der Waals surface area contributed by atoms with Crippen LogP contribution in [0.2, 0.25) is 5.02 Å². The fourth-order valence-corrected chi connectivity index (χ4v) is 1.53. The van der Waals surface area contributed by atoms with Gasteiger partial charge in [-0.3, -0.25) is 0 Å². The maximum absolute atomic E-state index is 6.04. The Balaban J connectivity index is 2.50. The first kappa shape index (κ1) is 10.2. The second-order valence-corrected chi connectivity index (χ2v) is 3.89. The van der Waals surface area contributed by atoms with Crippen LogP contribution in [0.3, 0.4) is 0 Å². The highest BCUT2D eigenvalue weighted by Gasteiger charge is 2.24. The van der Waals surface area contributed by atoms with Gasteiger partial charge < -0.3 is 19.9 Å². The Morgan fingerprint density at radius 3 is 2.87 bits per heavy atom. The molecule has 0 aromatic heterocycles. The van der Waals surface area contributed by atoms with Crippen molar-refractivity contribution < 1.29 is 14.2 Å². The lowest BCUT2D eigenvalue weighted by molar-refractivity contribution is 0.166. The molecule has 1 aliphatic heterocycles. The van der Waals surface area contributed by atoms with E-state index >= 15 is 0 Å². The van der Waals surface area contributed by atoms with Crippen molar-refractivity contribution in [3.05, 3.63) is 11.1 Å². The summed E-state index contributed by atoms with van der Waals surface area (Å²) < 4.78 is 16.0. The van der Waals surface area contributed by atoms with Crippen molar-refractivity contribution in [2.45, 2.75) is 20.0 Å². The maximum atomic E-state index is 6.04. The van der Waals surface area contributed by atoms with Crippen molar-refractivity contribution >= 4 is 17.3 Å². The number of rotatable bonds is 2. The Hall–Kier alpha value is -1.29. The fraction of sp³-hybridized carbons (Fsp3) is 0.400. The van der Waals surface area contributed by atoms with Crippen molar-refractivity contribution in [3.63, 3.8) is 0 Å². The van der Waals surface area contributed by atoms with E-state index in [4.69, 9.17) is 31.5 Å². The van der Waals surface area contributed by atoms with Crippen LogP contribution in [0.5, 0.6) is 17.2 Å². The second kappa shape index (κ2) is 3.70. The van der Waals surface area contributed by atoms with Gasteiger partial charge in [0.2, 0.25) is 12.5 Å². The monoisotopic (exact) mass is 229 g/mol. The molecule has 0 unspecified atom stereocenters. The molecule has 5 heteroatoms. The predicted octanol–water partition coefficient (Wildman–Crippen LogP) is 2.44. The Morgan fingerprint density at radius 2 is 2.20 bits per heavy atom. The van der Waals surface area contributed by atoms with E-state index in [9.17, 15) is 0 Å². The van der Waals surface area contributed by atoms with Gasteiger partial charge in [0.1, 0.15) is 5.02 Å². The first-order valence-corrected chi connectivity index (χ1v) is 5.01. The average molecular weight is 230 g/mol. The van der Waals surface area contributed by atoms with Gasteiger partial charge in [-0.05, 0) is 13.8 Å². The Kier molecular flexibility index (Phi) is 2.52. The Morgan fingerprint density at radius 1 is 1.47 bits per heavy atom. The van der Waals surface area contributed by atoms with E-state index in [1.165, 1.54) is 0 Å². The van der Waals surface area contributed by atoms with Crippen LogP contribution in [0.4, 0.5) is 5.69 Å². The van der Waals surface area contributed by atoms with Crippen LogP contribution in [0, 0.1) is 0 Å². The summed E-state index contributed by atoms with van der Waals surface area (Å²) in [5, 5.41) is 0.368. The molecule has 0 saturated heterocycles. The first-order valence-electron chi connectivity index (χ1n) is 4.64. The Labute approximate surface area is 92.9 Å². The summed E-state index contributed by atoms with van der Waals surface area (Å²) >= 11 is 6.04. The van der Waals surface area contributed by atoms with Crippen molar-refractivity contribution in [2.75, 3.05) is 12.5 Å². The third kappa shape index (κ3) is 1.77. The molecule has 0 aliphatic carbocycles. The summed E-state index contributed by atoms with van der Waals surface area (Å²) in [5.74, 6) is 1.56. The molecule has 0 amide bonds. The molecular formula is C10H12ClNO3. The molecule has 0 spiro atoms. The number of anilines is 1. The number of hydrogen-bond donors (Lipinski definition) is 1. The van der Waals surface area contributed by atoms with Crippen molar-refractivity contribution in [1.29, 1.82) is 0 Å². The lowest BCUT2D eigenvalue weighted by atomic mass is 10.2. The van der Waals surface area contributed by atoms with E-state index < -0.39 is 0 Å². The number of nitrogen functional groups attached to an aromatic ring is 1. The minimum atomic E-state index is -0.00222. The van der Waals surface area contributed by atoms with Crippen LogP contribution in [0.1, 0.15) is 13.8 Å². The topological polar surface area (TPSA) is 53.7 Å². The number of nitrogens with two attached hydrogens (primary N) is 1. The minimum absolute atomic E-state index is 0.00222. The number of ether oxygens (including phenoxy) is 3.